The van der Waals surface area contributed by atoms with Crippen LogP contribution in [0.1, 0.15) is 39.3 Å². The molecule has 124 valence electrons. The summed E-state index contributed by atoms with van der Waals surface area (Å²) in [5, 5.41) is 12.3. The van der Waals surface area contributed by atoms with Gasteiger partial charge in [-0.1, -0.05) is 6.07 Å². The van der Waals surface area contributed by atoms with Gasteiger partial charge in [0.2, 0.25) is 0 Å². The fraction of sp³-hybridized carbons (Fsp3) is 0.562. The number of carbonyl (C=O) groups excluding carboxylic acids is 1. The zero-order chi connectivity index (χ0) is 16.9. The molecule has 22 heavy (non-hydrogen) atoms. The van der Waals surface area contributed by atoms with Crippen LogP contribution in [0.2, 0.25) is 0 Å². The van der Waals surface area contributed by atoms with Crippen molar-refractivity contribution in [3.05, 3.63) is 29.6 Å². The summed E-state index contributed by atoms with van der Waals surface area (Å²) in [6.07, 6.45) is -0.602. The molecule has 2 amide bonds. The number of halogens is 1. The first-order chi connectivity index (χ1) is 10.3. The zero-order valence-electron chi connectivity index (χ0n) is 13.8. The van der Waals surface area contributed by atoms with Gasteiger partial charge in [-0.2, -0.15) is 0 Å². The van der Waals surface area contributed by atoms with Crippen molar-refractivity contribution in [3.8, 4) is 5.75 Å². The second-order valence-electron chi connectivity index (χ2n) is 5.66. The van der Waals surface area contributed by atoms with Crippen LogP contribution < -0.4 is 10.1 Å². The molecule has 0 saturated carbocycles. The lowest BCUT2D eigenvalue weighted by Crippen LogP contribution is -2.47. The Balaban J connectivity index is 2.81. The molecule has 0 saturated heterocycles. The number of amides is 2. The normalized spacial score (nSPS) is 13.6. The Morgan fingerprint density at radius 2 is 2.00 bits per heavy atom. The molecule has 0 radical (unpaired) electrons. The molecule has 0 spiro atoms. The molecule has 1 aromatic carbocycles. The molecule has 2 unspecified atom stereocenters. The highest BCUT2D eigenvalue weighted by molar-refractivity contribution is 5.75. The van der Waals surface area contributed by atoms with Gasteiger partial charge >= 0.3 is 6.03 Å². The third-order valence-electron chi connectivity index (χ3n) is 3.36. The lowest BCUT2D eigenvalue weighted by Gasteiger charge is -2.29. The number of hydrogen-bond donors (Lipinski definition) is 2. The van der Waals surface area contributed by atoms with E-state index in [1.807, 2.05) is 20.8 Å². The smallest absolute Gasteiger partial charge is 0.318 e. The van der Waals surface area contributed by atoms with E-state index in [1.165, 1.54) is 13.2 Å². The molecular weight excluding hydrogens is 287 g/mol. The molecule has 1 aromatic rings. The average Bonchev–Trinajstić information content (AvgIpc) is 2.44. The first-order valence-electron chi connectivity index (χ1n) is 7.34. The number of carbonyl (C=O) groups is 1. The zero-order valence-corrected chi connectivity index (χ0v) is 13.8. The summed E-state index contributed by atoms with van der Waals surface area (Å²) < 4.78 is 18.4. The minimum absolute atomic E-state index is 0.0375. The van der Waals surface area contributed by atoms with Gasteiger partial charge in [0.1, 0.15) is 0 Å². The minimum Gasteiger partial charge on any atom is -0.494 e. The first-order valence-corrected chi connectivity index (χ1v) is 7.34. The Kier molecular flexibility index (Phi) is 6.61. The van der Waals surface area contributed by atoms with E-state index in [-0.39, 0.29) is 30.4 Å². The van der Waals surface area contributed by atoms with Crippen LogP contribution in [0.5, 0.6) is 5.75 Å². The van der Waals surface area contributed by atoms with Gasteiger partial charge in [0.05, 0.1) is 19.3 Å². The third-order valence-corrected chi connectivity index (χ3v) is 3.36. The molecule has 1 rings (SSSR count). The molecule has 0 aromatic heterocycles. The molecule has 0 bridgehead atoms. The number of aliphatic hydroxyl groups is 1. The van der Waals surface area contributed by atoms with Crippen LogP contribution in [-0.2, 0) is 0 Å². The Morgan fingerprint density at radius 3 is 2.50 bits per heavy atom. The van der Waals surface area contributed by atoms with Crippen molar-refractivity contribution < 1.29 is 19.0 Å². The average molecular weight is 312 g/mol. The number of methoxy groups -OCH3 is 1. The molecule has 0 fully saturated rings. The van der Waals surface area contributed by atoms with Crippen molar-refractivity contribution in [2.24, 2.45) is 0 Å². The quantitative estimate of drug-likeness (QED) is 0.849. The van der Waals surface area contributed by atoms with Gasteiger partial charge < -0.3 is 20.1 Å². The summed E-state index contributed by atoms with van der Waals surface area (Å²) in [5.74, 6) is -0.300. The second kappa shape index (κ2) is 7.98. The molecule has 6 heteroatoms. The SMILES string of the molecule is COc1cc(C(C)NC(=O)N(CC(C)O)C(C)C)ccc1F. The van der Waals surface area contributed by atoms with Crippen molar-refractivity contribution in [1.29, 1.82) is 0 Å². The van der Waals surface area contributed by atoms with E-state index in [1.54, 1.807) is 24.0 Å². The van der Waals surface area contributed by atoms with Crippen molar-refractivity contribution in [2.45, 2.75) is 45.9 Å². The van der Waals surface area contributed by atoms with Gasteiger partial charge in [-0.3, -0.25) is 0 Å². The van der Waals surface area contributed by atoms with Crippen LogP contribution in [0, 0.1) is 5.82 Å². The maximum Gasteiger partial charge on any atom is 0.318 e. The standard InChI is InChI=1S/C16H25FN2O3/c1-10(2)19(9-11(3)20)16(21)18-12(4)13-6-7-14(17)15(8-13)22-5/h6-8,10-12,20H,9H2,1-5H3,(H,18,21). The summed E-state index contributed by atoms with van der Waals surface area (Å²) in [5.41, 5.74) is 0.743. The first kappa shape index (κ1) is 18.2. The van der Waals surface area contributed by atoms with Gasteiger partial charge in [0, 0.05) is 12.6 Å². The number of benzene rings is 1. The van der Waals surface area contributed by atoms with Crippen molar-refractivity contribution >= 4 is 6.03 Å². The number of nitrogens with zero attached hydrogens (tertiary/aromatic N) is 1. The highest BCUT2D eigenvalue weighted by Crippen LogP contribution is 2.22. The maximum absolute atomic E-state index is 13.4. The van der Waals surface area contributed by atoms with E-state index in [2.05, 4.69) is 5.32 Å². The molecule has 0 aliphatic rings. The van der Waals surface area contributed by atoms with E-state index >= 15 is 0 Å². The summed E-state index contributed by atoms with van der Waals surface area (Å²) in [4.78, 5) is 13.9. The fourth-order valence-corrected chi connectivity index (χ4v) is 2.11. The molecule has 0 aliphatic carbocycles. The number of urea groups is 1. The molecule has 0 heterocycles. The Morgan fingerprint density at radius 1 is 1.36 bits per heavy atom. The molecular formula is C16H25FN2O3. The van der Waals surface area contributed by atoms with Gasteiger partial charge in [0.15, 0.2) is 11.6 Å². The molecule has 5 nitrogen and oxygen atoms in total. The summed E-state index contributed by atoms with van der Waals surface area (Å²) >= 11 is 0. The van der Waals surface area contributed by atoms with Gasteiger partial charge in [-0.05, 0) is 45.4 Å². The number of ether oxygens (including phenoxy) is 1. The van der Waals surface area contributed by atoms with Crippen LogP contribution in [-0.4, -0.2) is 41.8 Å². The Labute approximate surface area is 131 Å². The predicted molar refractivity (Wildman–Crippen MR) is 83.4 cm³/mol. The second-order valence-corrected chi connectivity index (χ2v) is 5.66. The topological polar surface area (TPSA) is 61.8 Å². The Hall–Kier alpha value is -1.82. The van der Waals surface area contributed by atoms with Crippen LogP contribution in [0.3, 0.4) is 0 Å². The van der Waals surface area contributed by atoms with Gasteiger partial charge in [-0.15, -0.1) is 0 Å². The monoisotopic (exact) mass is 312 g/mol. The molecule has 0 aliphatic heterocycles. The predicted octanol–water partition coefficient (Wildman–Crippen LogP) is 2.70. The minimum atomic E-state index is -0.602. The van der Waals surface area contributed by atoms with Crippen LogP contribution >= 0.6 is 0 Å². The lowest BCUT2D eigenvalue weighted by atomic mass is 10.1. The summed E-state index contributed by atoms with van der Waals surface area (Å²) in [6, 6.07) is 3.87. The third kappa shape index (κ3) is 4.87. The number of nitrogens with one attached hydrogen (secondary N) is 1. The number of rotatable bonds is 6. The fourth-order valence-electron chi connectivity index (χ4n) is 2.11. The lowest BCUT2D eigenvalue weighted by molar-refractivity contribution is 0.117. The number of aliphatic hydroxyl groups excluding tert-OH is 1. The van der Waals surface area contributed by atoms with E-state index in [4.69, 9.17) is 4.74 Å². The van der Waals surface area contributed by atoms with Gasteiger partial charge in [0.25, 0.3) is 0 Å². The van der Waals surface area contributed by atoms with E-state index < -0.39 is 11.9 Å². The van der Waals surface area contributed by atoms with Gasteiger partial charge in [-0.25, -0.2) is 9.18 Å². The van der Waals surface area contributed by atoms with E-state index in [0.717, 1.165) is 5.56 Å². The largest absolute Gasteiger partial charge is 0.494 e. The number of hydrogen-bond acceptors (Lipinski definition) is 3. The van der Waals surface area contributed by atoms with Crippen LogP contribution in [0.15, 0.2) is 18.2 Å². The summed E-state index contributed by atoms with van der Waals surface area (Å²) in [6.45, 7) is 7.46. The van der Waals surface area contributed by atoms with Crippen molar-refractivity contribution in [1.82, 2.24) is 10.2 Å². The Bertz CT molecular complexity index is 506. The van der Waals surface area contributed by atoms with E-state index in [9.17, 15) is 14.3 Å². The highest BCUT2D eigenvalue weighted by atomic mass is 19.1. The summed E-state index contributed by atoms with van der Waals surface area (Å²) in [7, 11) is 1.40. The molecule has 2 atom stereocenters. The van der Waals surface area contributed by atoms with Crippen molar-refractivity contribution in [2.75, 3.05) is 13.7 Å². The van der Waals surface area contributed by atoms with Crippen LogP contribution in [0.4, 0.5) is 9.18 Å². The maximum atomic E-state index is 13.4. The van der Waals surface area contributed by atoms with Crippen LogP contribution in [0.25, 0.3) is 0 Å². The molecule has 2 N–H and O–H groups in total. The van der Waals surface area contributed by atoms with Crippen molar-refractivity contribution in [3.63, 3.8) is 0 Å². The highest BCUT2D eigenvalue weighted by Gasteiger charge is 2.21. The van der Waals surface area contributed by atoms with E-state index in [0.29, 0.717) is 0 Å².